The quantitative estimate of drug-likeness (QED) is 0.575. The zero-order chi connectivity index (χ0) is 21.3. The Labute approximate surface area is 184 Å². The number of rotatable bonds is 5. The molecular weight excluding hydrogens is 420 g/mol. The number of carbonyl (C=O) groups excluding carboxylic acids is 1. The van der Waals surface area contributed by atoms with Gasteiger partial charge in [0, 0.05) is 47.0 Å². The van der Waals surface area contributed by atoms with Crippen molar-refractivity contribution in [2.45, 2.75) is 45.7 Å². The lowest BCUT2D eigenvalue weighted by Crippen LogP contribution is -2.44. The van der Waals surface area contributed by atoms with Gasteiger partial charge < -0.3 is 9.73 Å². The summed E-state index contributed by atoms with van der Waals surface area (Å²) in [5, 5.41) is 4.74. The van der Waals surface area contributed by atoms with Crippen molar-refractivity contribution in [3.8, 4) is 0 Å². The van der Waals surface area contributed by atoms with Crippen LogP contribution in [-0.4, -0.2) is 29.9 Å². The van der Waals surface area contributed by atoms with Crippen LogP contribution in [-0.2, 0) is 13.0 Å². The lowest BCUT2D eigenvalue weighted by Gasteiger charge is -2.32. The smallest absolute Gasteiger partial charge is 0.336 e. The topological polar surface area (TPSA) is 62.6 Å². The third kappa shape index (κ3) is 4.61. The first-order valence-corrected chi connectivity index (χ1v) is 11.5. The summed E-state index contributed by atoms with van der Waals surface area (Å²) in [4.78, 5) is 28.7. The second-order valence-electron chi connectivity index (χ2n) is 7.82. The summed E-state index contributed by atoms with van der Waals surface area (Å²) in [5.74, 6) is 0.0135. The Morgan fingerprint density at radius 1 is 1.23 bits per heavy atom. The molecule has 0 radical (unpaired) electrons. The van der Waals surface area contributed by atoms with Crippen molar-refractivity contribution in [1.29, 1.82) is 0 Å². The number of nitrogens with zero attached hydrogens (tertiary/aromatic N) is 1. The molecule has 1 aliphatic rings. The van der Waals surface area contributed by atoms with Gasteiger partial charge in [0.15, 0.2) is 0 Å². The molecule has 4 rings (SSSR count). The van der Waals surface area contributed by atoms with E-state index in [9.17, 15) is 9.59 Å². The molecule has 3 heterocycles. The number of aryl methyl sites for hydroxylation is 2. The zero-order valence-corrected chi connectivity index (χ0v) is 18.7. The Morgan fingerprint density at radius 2 is 2.00 bits per heavy atom. The second kappa shape index (κ2) is 8.92. The molecule has 1 aromatic carbocycles. The first-order chi connectivity index (χ1) is 14.4. The van der Waals surface area contributed by atoms with E-state index in [4.69, 9.17) is 16.0 Å². The van der Waals surface area contributed by atoms with Crippen LogP contribution in [0.15, 0.2) is 39.5 Å². The first-order valence-electron chi connectivity index (χ1n) is 10.3. The van der Waals surface area contributed by atoms with Crippen molar-refractivity contribution in [2.24, 2.45) is 0 Å². The van der Waals surface area contributed by atoms with Gasteiger partial charge in [0.2, 0.25) is 0 Å². The van der Waals surface area contributed by atoms with Crippen molar-refractivity contribution in [3.63, 3.8) is 0 Å². The molecule has 7 heteroatoms. The summed E-state index contributed by atoms with van der Waals surface area (Å²) >= 11 is 7.93. The number of fused-ring (bicyclic) bond motifs is 1. The lowest BCUT2D eigenvalue weighted by molar-refractivity contribution is 0.0913. The van der Waals surface area contributed by atoms with E-state index in [2.05, 4.69) is 10.2 Å². The van der Waals surface area contributed by atoms with Crippen molar-refractivity contribution in [2.75, 3.05) is 13.1 Å². The van der Waals surface area contributed by atoms with Gasteiger partial charge >= 0.3 is 5.63 Å². The highest BCUT2D eigenvalue weighted by Crippen LogP contribution is 2.27. The summed E-state index contributed by atoms with van der Waals surface area (Å²) in [7, 11) is 0. The van der Waals surface area contributed by atoms with Crippen LogP contribution in [0, 0.1) is 6.92 Å². The van der Waals surface area contributed by atoms with Crippen molar-refractivity contribution in [3.05, 3.63) is 66.7 Å². The minimum atomic E-state index is -0.338. The van der Waals surface area contributed by atoms with Gasteiger partial charge in [-0.2, -0.15) is 0 Å². The molecule has 0 atom stereocenters. The molecule has 0 unspecified atom stereocenters. The van der Waals surface area contributed by atoms with Gasteiger partial charge in [0.25, 0.3) is 5.91 Å². The Kier molecular flexibility index (Phi) is 6.27. The van der Waals surface area contributed by atoms with Crippen molar-refractivity contribution < 1.29 is 9.21 Å². The van der Waals surface area contributed by atoms with Crippen LogP contribution in [0.25, 0.3) is 11.0 Å². The Bertz CT molecular complexity index is 1130. The van der Waals surface area contributed by atoms with E-state index < -0.39 is 0 Å². The van der Waals surface area contributed by atoms with Gasteiger partial charge in [-0.1, -0.05) is 18.5 Å². The van der Waals surface area contributed by atoms with E-state index in [1.54, 1.807) is 6.07 Å². The minimum absolute atomic E-state index is 0.0135. The second-order valence-corrected chi connectivity index (χ2v) is 9.51. The monoisotopic (exact) mass is 444 g/mol. The highest BCUT2D eigenvalue weighted by Gasteiger charge is 2.22. The minimum Gasteiger partial charge on any atom is -0.423 e. The molecule has 0 spiro atoms. The highest BCUT2D eigenvalue weighted by atomic mass is 35.5. The van der Waals surface area contributed by atoms with E-state index in [0.717, 1.165) is 58.6 Å². The van der Waals surface area contributed by atoms with Gasteiger partial charge in [0.05, 0.1) is 4.88 Å². The summed E-state index contributed by atoms with van der Waals surface area (Å²) < 4.78 is 5.41. The number of hydrogen-bond donors (Lipinski definition) is 1. The normalized spacial score (nSPS) is 15.6. The van der Waals surface area contributed by atoms with Crippen LogP contribution in [0.3, 0.4) is 0 Å². The lowest BCUT2D eigenvalue weighted by atomic mass is 10.0. The number of benzene rings is 1. The molecule has 0 bridgehead atoms. The van der Waals surface area contributed by atoms with Crippen LogP contribution < -0.4 is 10.9 Å². The van der Waals surface area contributed by atoms with Gasteiger partial charge in [-0.3, -0.25) is 9.69 Å². The molecule has 1 fully saturated rings. The molecule has 1 aliphatic heterocycles. The average molecular weight is 445 g/mol. The number of nitrogens with one attached hydrogen (secondary N) is 1. The maximum absolute atomic E-state index is 12.4. The molecule has 0 saturated carbocycles. The van der Waals surface area contributed by atoms with Crippen LogP contribution >= 0.6 is 22.9 Å². The summed E-state index contributed by atoms with van der Waals surface area (Å²) in [5.41, 5.74) is 2.16. The van der Waals surface area contributed by atoms with E-state index in [1.165, 1.54) is 11.3 Å². The molecule has 5 nitrogen and oxygen atoms in total. The Morgan fingerprint density at radius 3 is 2.67 bits per heavy atom. The molecule has 2 aromatic heterocycles. The van der Waals surface area contributed by atoms with E-state index in [-0.39, 0.29) is 17.6 Å². The molecule has 0 aliphatic carbocycles. The first kappa shape index (κ1) is 21.1. The van der Waals surface area contributed by atoms with Crippen LogP contribution in [0.1, 0.15) is 45.4 Å². The highest BCUT2D eigenvalue weighted by molar-refractivity contribution is 7.13. The largest absolute Gasteiger partial charge is 0.423 e. The fraction of sp³-hybridized carbons (Fsp3) is 0.391. The molecule has 1 saturated heterocycles. The summed E-state index contributed by atoms with van der Waals surface area (Å²) in [6, 6.07) is 9.37. The number of likely N-dealkylation sites (tertiary alicyclic amines) is 1. The number of halogens is 1. The van der Waals surface area contributed by atoms with Gasteiger partial charge in [0.1, 0.15) is 5.58 Å². The van der Waals surface area contributed by atoms with Crippen LogP contribution in [0.2, 0.25) is 5.02 Å². The van der Waals surface area contributed by atoms with Crippen molar-refractivity contribution >= 4 is 39.8 Å². The summed E-state index contributed by atoms with van der Waals surface area (Å²) in [6.07, 6.45) is 2.55. The van der Waals surface area contributed by atoms with Gasteiger partial charge in [-0.15, -0.1) is 11.3 Å². The molecule has 3 aromatic rings. The predicted octanol–water partition coefficient (Wildman–Crippen LogP) is 4.77. The standard InChI is InChI=1S/C23H25ClN2O3S/c1-3-15-10-20-18(12-19(15)24)16(11-22(27)29-20)13-26-8-6-17(7-9-26)25-23(28)21-5-4-14(2)30-21/h4-5,10-12,17H,3,6-9,13H2,1-2H3,(H,25,28). The number of hydrogen-bond acceptors (Lipinski definition) is 5. The fourth-order valence-corrected chi connectivity index (χ4v) is 5.05. The van der Waals surface area contributed by atoms with E-state index in [0.29, 0.717) is 17.2 Å². The van der Waals surface area contributed by atoms with Crippen molar-refractivity contribution in [1.82, 2.24) is 10.2 Å². The number of amides is 1. The third-order valence-corrected chi connectivity index (χ3v) is 7.01. The van der Waals surface area contributed by atoms with Crippen LogP contribution in [0.4, 0.5) is 0 Å². The maximum Gasteiger partial charge on any atom is 0.336 e. The molecule has 1 amide bonds. The van der Waals surface area contributed by atoms with Gasteiger partial charge in [-0.25, -0.2) is 4.79 Å². The number of carbonyl (C=O) groups is 1. The predicted molar refractivity (Wildman–Crippen MR) is 122 cm³/mol. The third-order valence-electron chi connectivity index (χ3n) is 5.66. The summed E-state index contributed by atoms with van der Waals surface area (Å²) in [6.45, 7) is 6.41. The molecule has 30 heavy (non-hydrogen) atoms. The fourth-order valence-electron chi connectivity index (χ4n) is 3.98. The molecule has 1 N–H and O–H groups in total. The Balaban J connectivity index is 1.42. The number of thiophene rings is 1. The molecule has 158 valence electrons. The Hall–Kier alpha value is -2.15. The van der Waals surface area contributed by atoms with E-state index >= 15 is 0 Å². The zero-order valence-electron chi connectivity index (χ0n) is 17.2. The van der Waals surface area contributed by atoms with E-state index in [1.807, 2.05) is 38.1 Å². The van der Waals surface area contributed by atoms with Gasteiger partial charge in [-0.05, 0) is 61.6 Å². The maximum atomic E-state index is 12.4. The SMILES string of the molecule is CCc1cc2oc(=O)cc(CN3CCC(NC(=O)c4ccc(C)s4)CC3)c2cc1Cl. The number of piperidine rings is 1. The average Bonchev–Trinajstić information content (AvgIpc) is 3.16. The van der Waals surface area contributed by atoms with Crippen LogP contribution in [0.5, 0.6) is 0 Å². The molecular formula is C23H25ClN2O3S.